The zero-order valence-electron chi connectivity index (χ0n) is 23.5. The molecule has 2 aromatic carbocycles. The van der Waals surface area contributed by atoms with Crippen molar-refractivity contribution in [2.75, 3.05) is 23.7 Å². The molecule has 40 heavy (non-hydrogen) atoms. The molecule has 4 aromatic rings. The van der Waals surface area contributed by atoms with Crippen molar-refractivity contribution >= 4 is 23.4 Å². The summed E-state index contributed by atoms with van der Waals surface area (Å²) in [6.45, 7) is 10.7. The van der Waals surface area contributed by atoms with E-state index < -0.39 is 0 Å². The van der Waals surface area contributed by atoms with E-state index >= 15 is 0 Å². The number of anilines is 2. The van der Waals surface area contributed by atoms with Crippen LogP contribution >= 0.6 is 0 Å². The average molecular weight is 540 g/mol. The van der Waals surface area contributed by atoms with E-state index in [1.54, 1.807) is 4.68 Å². The van der Waals surface area contributed by atoms with Crippen molar-refractivity contribution in [2.45, 2.75) is 46.9 Å². The Labute approximate surface area is 235 Å². The van der Waals surface area contributed by atoms with E-state index in [0.717, 1.165) is 35.7 Å². The SMILES string of the molecule is CC(C)CNc1nc(NCC(C)C)nc(-c2cn(CCC3NC(c4ccccc4)=C(c4ccccc4)O3)nn2)n1. The number of rotatable bonds is 12. The van der Waals surface area contributed by atoms with Crippen LogP contribution in [0.25, 0.3) is 23.0 Å². The zero-order valence-corrected chi connectivity index (χ0v) is 23.5. The minimum atomic E-state index is -0.200. The van der Waals surface area contributed by atoms with Crippen molar-refractivity contribution in [3.05, 3.63) is 78.0 Å². The number of hydrogen-bond donors (Lipinski definition) is 3. The first kappa shape index (κ1) is 27.1. The van der Waals surface area contributed by atoms with Gasteiger partial charge >= 0.3 is 0 Å². The standard InChI is InChI=1S/C30H37N9O/c1-20(2)17-31-29-34-28(35-30(36-29)32-18-21(3)4)24-19-39(38-37-24)16-15-25-33-26(22-11-7-5-8-12-22)27(40-25)23-13-9-6-10-14-23/h5-14,19-21,25,33H,15-18H2,1-4H3,(H2,31,32,34,35,36). The van der Waals surface area contributed by atoms with Crippen LogP contribution in [0.4, 0.5) is 11.9 Å². The van der Waals surface area contributed by atoms with Gasteiger partial charge in [0.05, 0.1) is 11.9 Å². The lowest BCUT2D eigenvalue weighted by Crippen LogP contribution is -2.25. The van der Waals surface area contributed by atoms with Gasteiger partial charge in [0.2, 0.25) is 11.9 Å². The Morgan fingerprint density at radius 2 is 1.43 bits per heavy atom. The number of aromatic nitrogens is 6. The summed E-state index contributed by atoms with van der Waals surface area (Å²) in [4.78, 5) is 13.7. The highest BCUT2D eigenvalue weighted by molar-refractivity contribution is 5.88. The van der Waals surface area contributed by atoms with Gasteiger partial charge in [-0.3, -0.25) is 4.68 Å². The van der Waals surface area contributed by atoms with E-state index in [1.165, 1.54) is 0 Å². The Balaban J connectivity index is 1.28. The van der Waals surface area contributed by atoms with Crippen molar-refractivity contribution in [1.82, 2.24) is 35.3 Å². The van der Waals surface area contributed by atoms with Gasteiger partial charge in [-0.2, -0.15) is 15.0 Å². The fraction of sp³-hybridized carbons (Fsp3) is 0.367. The summed E-state index contributed by atoms with van der Waals surface area (Å²) in [6, 6.07) is 20.4. The van der Waals surface area contributed by atoms with Crippen LogP contribution in [0.5, 0.6) is 0 Å². The molecule has 10 nitrogen and oxygen atoms in total. The Hall–Kier alpha value is -4.47. The number of ether oxygens (including phenoxy) is 1. The minimum absolute atomic E-state index is 0.200. The first-order valence-electron chi connectivity index (χ1n) is 13.9. The fourth-order valence-electron chi connectivity index (χ4n) is 4.21. The lowest BCUT2D eigenvalue weighted by atomic mass is 10.1. The molecule has 0 spiro atoms. The Morgan fingerprint density at radius 3 is 2.02 bits per heavy atom. The molecule has 2 aromatic heterocycles. The summed E-state index contributed by atoms with van der Waals surface area (Å²) < 4.78 is 8.21. The van der Waals surface area contributed by atoms with E-state index in [1.807, 2.05) is 42.6 Å². The molecule has 0 saturated heterocycles. The lowest BCUT2D eigenvalue weighted by Gasteiger charge is -2.13. The summed E-state index contributed by atoms with van der Waals surface area (Å²) in [5.41, 5.74) is 3.71. The van der Waals surface area contributed by atoms with Crippen LogP contribution in [0.3, 0.4) is 0 Å². The molecule has 0 saturated carbocycles. The first-order chi connectivity index (χ1) is 19.4. The van der Waals surface area contributed by atoms with E-state index in [0.29, 0.717) is 48.2 Å². The van der Waals surface area contributed by atoms with Crippen LogP contribution in [0.15, 0.2) is 66.9 Å². The Kier molecular flexibility index (Phi) is 8.53. The van der Waals surface area contributed by atoms with E-state index in [4.69, 9.17) is 4.74 Å². The van der Waals surface area contributed by atoms with Gasteiger partial charge in [0, 0.05) is 37.2 Å². The summed E-state index contributed by atoms with van der Waals surface area (Å²) >= 11 is 0. The highest BCUT2D eigenvalue weighted by Crippen LogP contribution is 2.32. The minimum Gasteiger partial charge on any atom is -0.468 e. The third-order valence-corrected chi connectivity index (χ3v) is 6.25. The molecule has 5 rings (SSSR count). The monoisotopic (exact) mass is 539 g/mol. The lowest BCUT2D eigenvalue weighted by molar-refractivity contribution is 0.154. The second kappa shape index (κ2) is 12.6. The molecule has 0 radical (unpaired) electrons. The summed E-state index contributed by atoms with van der Waals surface area (Å²) in [5.74, 6) is 3.29. The van der Waals surface area contributed by atoms with Gasteiger partial charge in [-0.05, 0) is 11.8 Å². The molecule has 3 N–H and O–H groups in total. The predicted octanol–water partition coefficient (Wildman–Crippen LogP) is 5.13. The van der Waals surface area contributed by atoms with Crippen LogP contribution in [-0.2, 0) is 11.3 Å². The van der Waals surface area contributed by atoms with Gasteiger partial charge < -0.3 is 20.7 Å². The largest absolute Gasteiger partial charge is 0.468 e. The fourth-order valence-corrected chi connectivity index (χ4v) is 4.21. The van der Waals surface area contributed by atoms with Crippen LogP contribution < -0.4 is 16.0 Å². The first-order valence-corrected chi connectivity index (χ1v) is 13.9. The van der Waals surface area contributed by atoms with Crippen LogP contribution in [-0.4, -0.2) is 49.3 Å². The molecular weight excluding hydrogens is 502 g/mol. The van der Waals surface area contributed by atoms with Gasteiger partial charge in [-0.25, -0.2) is 0 Å². The molecule has 0 bridgehead atoms. The molecular formula is C30H37N9O. The highest BCUT2D eigenvalue weighted by atomic mass is 16.5. The van der Waals surface area contributed by atoms with Gasteiger partial charge in [0.1, 0.15) is 0 Å². The van der Waals surface area contributed by atoms with Crippen molar-refractivity contribution in [2.24, 2.45) is 11.8 Å². The molecule has 1 aliphatic rings. The second-order valence-electron chi connectivity index (χ2n) is 10.7. The van der Waals surface area contributed by atoms with Crippen LogP contribution in [0.1, 0.15) is 45.2 Å². The second-order valence-corrected chi connectivity index (χ2v) is 10.7. The molecule has 3 heterocycles. The van der Waals surface area contributed by atoms with Gasteiger partial charge in [-0.1, -0.05) is 93.6 Å². The van der Waals surface area contributed by atoms with Crippen molar-refractivity contribution < 1.29 is 4.74 Å². The zero-order chi connectivity index (χ0) is 27.9. The predicted molar refractivity (Wildman–Crippen MR) is 158 cm³/mol. The average Bonchev–Trinajstić information content (AvgIpc) is 3.62. The number of aryl methyl sites for hydroxylation is 1. The maximum absolute atomic E-state index is 6.41. The van der Waals surface area contributed by atoms with Crippen LogP contribution in [0.2, 0.25) is 0 Å². The summed E-state index contributed by atoms with van der Waals surface area (Å²) in [6.07, 6.45) is 2.36. The smallest absolute Gasteiger partial charge is 0.228 e. The molecule has 0 amide bonds. The van der Waals surface area contributed by atoms with Crippen molar-refractivity contribution in [3.8, 4) is 11.5 Å². The topological polar surface area (TPSA) is 115 Å². The maximum atomic E-state index is 6.41. The quantitative estimate of drug-likeness (QED) is 0.225. The third-order valence-electron chi connectivity index (χ3n) is 6.25. The molecule has 1 atom stereocenters. The van der Waals surface area contributed by atoms with E-state index in [2.05, 4.69) is 93.2 Å². The number of nitrogens with zero attached hydrogens (tertiary/aromatic N) is 6. The maximum Gasteiger partial charge on any atom is 0.228 e. The highest BCUT2D eigenvalue weighted by Gasteiger charge is 2.27. The molecule has 1 unspecified atom stereocenters. The molecule has 10 heteroatoms. The van der Waals surface area contributed by atoms with Gasteiger partial charge in [0.25, 0.3) is 0 Å². The van der Waals surface area contributed by atoms with Crippen molar-refractivity contribution in [1.29, 1.82) is 0 Å². The Bertz CT molecular complexity index is 1340. The number of benzene rings is 2. The summed E-state index contributed by atoms with van der Waals surface area (Å²) in [5, 5.41) is 18.9. The number of nitrogens with one attached hydrogen (secondary N) is 3. The van der Waals surface area contributed by atoms with E-state index in [9.17, 15) is 0 Å². The van der Waals surface area contributed by atoms with Crippen LogP contribution in [0, 0.1) is 11.8 Å². The molecule has 0 fully saturated rings. The van der Waals surface area contributed by atoms with Gasteiger partial charge in [0.15, 0.2) is 23.5 Å². The molecule has 208 valence electrons. The normalized spacial score (nSPS) is 14.9. The Morgan fingerprint density at radius 1 is 0.825 bits per heavy atom. The van der Waals surface area contributed by atoms with Gasteiger partial charge in [-0.15, -0.1) is 5.10 Å². The molecule has 0 aliphatic carbocycles. The number of hydrogen-bond acceptors (Lipinski definition) is 9. The van der Waals surface area contributed by atoms with Crippen molar-refractivity contribution in [3.63, 3.8) is 0 Å². The third kappa shape index (κ3) is 6.93. The van der Waals surface area contributed by atoms with E-state index in [-0.39, 0.29) is 6.23 Å². The molecule has 1 aliphatic heterocycles. The summed E-state index contributed by atoms with van der Waals surface area (Å²) in [7, 11) is 0.